The Morgan fingerprint density at radius 1 is 1.03 bits per heavy atom. The molecule has 1 amide bonds. The minimum atomic E-state index is -0.0172. The van der Waals surface area contributed by atoms with Crippen LogP contribution in [0.2, 0.25) is 0 Å². The fourth-order valence-electron chi connectivity index (χ4n) is 3.59. The number of aryl methyl sites for hydroxylation is 1. The topological polar surface area (TPSA) is 56.2 Å². The highest BCUT2D eigenvalue weighted by molar-refractivity contribution is 5.83. The molecule has 0 aliphatic heterocycles. The van der Waals surface area contributed by atoms with Crippen molar-refractivity contribution in [3.05, 3.63) is 72.6 Å². The smallest absolute Gasteiger partial charge is 0.216 e. The fourth-order valence-corrected chi connectivity index (χ4v) is 3.59. The number of hydrogen-bond donors (Lipinski definition) is 1. The molecule has 3 aromatic carbocycles. The molecule has 0 saturated carbocycles. The van der Waals surface area contributed by atoms with E-state index in [9.17, 15) is 4.79 Å². The van der Waals surface area contributed by atoms with Crippen LogP contribution in [-0.4, -0.2) is 28.6 Å². The fraction of sp³-hybridized carbons (Fsp3) is 0.250. The molecular formula is C24H25N3O2. The molecule has 0 atom stereocenters. The summed E-state index contributed by atoms with van der Waals surface area (Å²) >= 11 is 0. The number of carbonyl (C=O) groups excluding carboxylic acids is 1. The van der Waals surface area contributed by atoms with Gasteiger partial charge in [0.25, 0.3) is 0 Å². The minimum Gasteiger partial charge on any atom is -0.494 e. The summed E-state index contributed by atoms with van der Waals surface area (Å²) in [6, 6.07) is 22.6. The second-order valence-electron chi connectivity index (χ2n) is 7.11. The molecule has 1 aromatic heterocycles. The highest BCUT2D eigenvalue weighted by Crippen LogP contribution is 2.21. The summed E-state index contributed by atoms with van der Waals surface area (Å²) in [4.78, 5) is 15.9. The Morgan fingerprint density at radius 3 is 2.69 bits per heavy atom. The van der Waals surface area contributed by atoms with E-state index in [2.05, 4.69) is 40.2 Å². The van der Waals surface area contributed by atoms with Gasteiger partial charge < -0.3 is 14.6 Å². The van der Waals surface area contributed by atoms with Crippen LogP contribution in [0.4, 0.5) is 0 Å². The monoisotopic (exact) mass is 387 g/mol. The lowest BCUT2D eigenvalue weighted by Crippen LogP contribution is -2.23. The normalized spacial score (nSPS) is 11.1. The first kappa shape index (κ1) is 19.0. The zero-order valence-electron chi connectivity index (χ0n) is 16.6. The van der Waals surface area contributed by atoms with Crippen LogP contribution in [0.1, 0.15) is 19.2 Å². The first-order valence-corrected chi connectivity index (χ1v) is 10.0. The van der Waals surface area contributed by atoms with Crippen molar-refractivity contribution in [3.63, 3.8) is 0 Å². The number of para-hydroxylation sites is 2. The van der Waals surface area contributed by atoms with Gasteiger partial charge in [-0.05, 0) is 41.5 Å². The van der Waals surface area contributed by atoms with E-state index < -0.39 is 0 Å². The van der Waals surface area contributed by atoms with Crippen molar-refractivity contribution < 1.29 is 9.53 Å². The van der Waals surface area contributed by atoms with Gasteiger partial charge in [0.05, 0.1) is 17.6 Å². The summed E-state index contributed by atoms with van der Waals surface area (Å²) in [5.74, 6) is 1.87. The van der Waals surface area contributed by atoms with Crippen molar-refractivity contribution in [3.8, 4) is 5.75 Å². The number of imidazole rings is 1. The minimum absolute atomic E-state index is 0.0172. The highest BCUT2D eigenvalue weighted by Gasteiger charge is 2.10. The maximum absolute atomic E-state index is 11.2. The van der Waals surface area contributed by atoms with Gasteiger partial charge in [-0.15, -0.1) is 0 Å². The van der Waals surface area contributed by atoms with Crippen LogP contribution in [0.15, 0.2) is 66.7 Å². The Bertz CT molecular complexity index is 1130. The van der Waals surface area contributed by atoms with Crippen molar-refractivity contribution in [1.29, 1.82) is 0 Å². The molecule has 0 aliphatic carbocycles. The average molecular weight is 387 g/mol. The lowest BCUT2D eigenvalue weighted by atomic mass is 10.1. The van der Waals surface area contributed by atoms with Crippen molar-refractivity contribution in [2.75, 3.05) is 13.2 Å². The van der Waals surface area contributed by atoms with E-state index >= 15 is 0 Å². The number of nitrogens with zero attached hydrogens (tertiary/aromatic N) is 2. The molecule has 4 aromatic rings. The number of ether oxygens (including phenoxy) is 1. The molecule has 29 heavy (non-hydrogen) atoms. The molecular weight excluding hydrogens is 362 g/mol. The molecule has 4 rings (SSSR count). The zero-order valence-corrected chi connectivity index (χ0v) is 16.6. The summed E-state index contributed by atoms with van der Waals surface area (Å²) in [5.41, 5.74) is 2.11. The van der Waals surface area contributed by atoms with Gasteiger partial charge in [0.1, 0.15) is 11.6 Å². The van der Waals surface area contributed by atoms with Gasteiger partial charge in [0.2, 0.25) is 5.91 Å². The summed E-state index contributed by atoms with van der Waals surface area (Å²) < 4.78 is 8.22. The highest BCUT2D eigenvalue weighted by atomic mass is 16.5. The van der Waals surface area contributed by atoms with E-state index in [0.29, 0.717) is 19.6 Å². The Kier molecular flexibility index (Phi) is 5.75. The number of aromatic nitrogens is 2. The molecule has 5 heteroatoms. The average Bonchev–Trinajstić information content (AvgIpc) is 3.08. The van der Waals surface area contributed by atoms with Crippen molar-refractivity contribution in [2.24, 2.45) is 0 Å². The van der Waals surface area contributed by atoms with Crippen LogP contribution < -0.4 is 10.1 Å². The third kappa shape index (κ3) is 4.57. The van der Waals surface area contributed by atoms with Crippen LogP contribution >= 0.6 is 0 Å². The van der Waals surface area contributed by atoms with Crippen molar-refractivity contribution in [2.45, 2.75) is 26.3 Å². The van der Waals surface area contributed by atoms with E-state index in [-0.39, 0.29) is 5.91 Å². The maximum atomic E-state index is 11.2. The van der Waals surface area contributed by atoms with Gasteiger partial charge in [-0.3, -0.25) is 4.79 Å². The van der Waals surface area contributed by atoms with Gasteiger partial charge in [0, 0.05) is 26.4 Å². The van der Waals surface area contributed by atoms with Gasteiger partial charge in [-0.25, -0.2) is 4.98 Å². The number of hydrogen-bond acceptors (Lipinski definition) is 3. The predicted octanol–water partition coefficient (Wildman–Crippen LogP) is 4.34. The standard InChI is InChI=1S/C24H25N3O2/c1-18(28)25-14-13-24-26-22-9-4-5-10-23(22)27(24)15-6-16-29-21-12-11-19-7-2-3-8-20(19)17-21/h2-5,7-12,17H,6,13-16H2,1H3,(H,25,28). The van der Waals surface area contributed by atoms with Crippen LogP contribution in [0.5, 0.6) is 5.75 Å². The van der Waals surface area contributed by atoms with E-state index in [1.165, 1.54) is 17.7 Å². The lowest BCUT2D eigenvalue weighted by molar-refractivity contribution is -0.118. The van der Waals surface area contributed by atoms with Crippen molar-refractivity contribution >= 4 is 27.7 Å². The summed E-state index contributed by atoms with van der Waals surface area (Å²) in [7, 11) is 0. The molecule has 148 valence electrons. The summed E-state index contributed by atoms with van der Waals surface area (Å²) in [5, 5.41) is 5.25. The number of amides is 1. The van der Waals surface area contributed by atoms with E-state index in [4.69, 9.17) is 9.72 Å². The number of nitrogens with one attached hydrogen (secondary N) is 1. The van der Waals surface area contributed by atoms with Gasteiger partial charge >= 0.3 is 0 Å². The van der Waals surface area contributed by atoms with E-state index in [0.717, 1.165) is 35.6 Å². The molecule has 0 aliphatic rings. The summed E-state index contributed by atoms with van der Waals surface area (Å²) in [6.07, 6.45) is 1.58. The molecule has 1 N–H and O–H groups in total. The lowest BCUT2D eigenvalue weighted by Gasteiger charge is -2.11. The largest absolute Gasteiger partial charge is 0.494 e. The molecule has 5 nitrogen and oxygen atoms in total. The Labute approximate surface area is 170 Å². The number of carbonyl (C=O) groups is 1. The summed E-state index contributed by atoms with van der Waals surface area (Å²) in [6.45, 7) is 3.58. The second-order valence-corrected chi connectivity index (χ2v) is 7.11. The first-order chi connectivity index (χ1) is 14.2. The van der Waals surface area contributed by atoms with Crippen LogP contribution in [0.25, 0.3) is 21.8 Å². The number of rotatable bonds is 8. The van der Waals surface area contributed by atoms with Crippen LogP contribution in [-0.2, 0) is 17.8 Å². The predicted molar refractivity (Wildman–Crippen MR) is 116 cm³/mol. The molecule has 0 spiro atoms. The maximum Gasteiger partial charge on any atom is 0.216 e. The second kappa shape index (κ2) is 8.78. The molecule has 0 bridgehead atoms. The van der Waals surface area contributed by atoms with Gasteiger partial charge in [-0.1, -0.05) is 42.5 Å². The first-order valence-electron chi connectivity index (χ1n) is 10.0. The third-order valence-electron chi connectivity index (χ3n) is 4.97. The van der Waals surface area contributed by atoms with Gasteiger partial charge in [-0.2, -0.15) is 0 Å². The van der Waals surface area contributed by atoms with Crippen molar-refractivity contribution in [1.82, 2.24) is 14.9 Å². The van der Waals surface area contributed by atoms with E-state index in [1.54, 1.807) is 0 Å². The Morgan fingerprint density at radius 2 is 1.83 bits per heavy atom. The van der Waals surface area contributed by atoms with Crippen LogP contribution in [0.3, 0.4) is 0 Å². The quantitative estimate of drug-likeness (QED) is 0.458. The Balaban J connectivity index is 1.40. The molecule has 0 radical (unpaired) electrons. The molecule has 0 fully saturated rings. The molecule has 1 heterocycles. The van der Waals surface area contributed by atoms with Gasteiger partial charge in [0.15, 0.2) is 0 Å². The Hall–Kier alpha value is -3.34. The number of fused-ring (bicyclic) bond motifs is 2. The molecule has 0 saturated heterocycles. The zero-order chi connectivity index (χ0) is 20.1. The van der Waals surface area contributed by atoms with E-state index in [1.807, 2.05) is 36.4 Å². The molecule has 0 unspecified atom stereocenters. The third-order valence-corrected chi connectivity index (χ3v) is 4.97. The number of benzene rings is 3. The SMILES string of the molecule is CC(=O)NCCc1nc2ccccc2n1CCCOc1ccc2ccccc2c1. The van der Waals surface area contributed by atoms with Crippen LogP contribution in [0, 0.1) is 0 Å².